The molecule has 1 fully saturated rings. The van der Waals surface area contributed by atoms with Gasteiger partial charge in [0.25, 0.3) is 5.89 Å². The third-order valence-electron chi connectivity index (χ3n) is 6.65. The fraction of sp³-hybridized carbons (Fsp3) is 0.480. The van der Waals surface area contributed by atoms with Crippen molar-refractivity contribution in [2.45, 2.75) is 52.5 Å². The summed E-state index contributed by atoms with van der Waals surface area (Å²) in [5.74, 6) is 3.01. The van der Waals surface area contributed by atoms with E-state index in [1.807, 2.05) is 11.8 Å². The Morgan fingerprint density at radius 2 is 1.91 bits per heavy atom. The smallest absolute Gasteiger partial charge is 0.263 e. The summed E-state index contributed by atoms with van der Waals surface area (Å²) in [6, 6.07) is 8.45. The first-order chi connectivity index (χ1) is 16.1. The maximum Gasteiger partial charge on any atom is 0.263 e. The molecule has 0 bridgehead atoms. The number of aromatic nitrogens is 4. The number of fused-ring (bicyclic) bond motifs is 1. The molecule has 0 saturated carbocycles. The lowest BCUT2D eigenvalue weighted by Gasteiger charge is -2.36. The Morgan fingerprint density at radius 3 is 2.70 bits per heavy atom. The topological polar surface area (TPSA) is 88.2 Å². The Bertz CT molecular complexity index is 1140. The number of piperidine rings is 1. The first-order valence-electron chi connectivity index (χ1n) is 11.9. The van der Waals surface area contributed by atoms with Crippen LogP contribution in [0, 0.1) is 12.8 Å². The Kier molecular flexibility index (Phi) is 6.07. The molecule has 2 aromatic heterocycles. The molecule has 0 unspecified atom stereocenters. The molecule has 33 heavy (non-hydrogen) atoms. The van der Waals surface area contributed by atoms with Crippen LogP contribution in [0.5, 0.6) is 0 Å². The normalized spacial score (nSPS) is 16.7. The first-order valence-corrected chi connectivity index (χ1v) is 11.9. The van der Waals surface area contributed by atoms with Gasteiger partial charge in [0, 0.05) is 44.7 Å². The van der Waals surface area contributed by atoms with Gasteiger partial charge in [0.2, 0.25) is 5.91 Å². The molecule has 0 aliphatic carbocycles. The Hall–Kier alpha value is -3.29. The Labute approximate surface area is 194 Å². The summed E-state index contributed by atoms with van der Waals surface area (Å²) in [5, 5.41) is 4.08. The van der Waals surface area contributed by atoms with Crippen LogP contribution in [-0.4, -0.2) is 50.5 Å². The van der Waals surface area contributed by atoms with Crippen molar-refractivity contribution in [1.29, 1.82) is 0 Å². The van der Waals surface area contributed by atoms with E-state index < -0.39 is 0 Å². The fourth-order valence-corrected chi connectivity index (χ4v) is 4.82. The van der Waals surface area contributed by atoms with Crippen LogP contribution in [0.3, 0.4) is 0 Å². The van der Waals surface area contributed by atoms with Crippen molar-refractivity contribution in [2.24, 2.45) is 5.92 Å². The number of nitrogens with zero attached hydrogens (tertiary/aromatic N) is 6. The number of carbonyl (C=O) groups excluding carboxylic acids is 1. The number of amides is 1. The Balaban J connectivity index is 1.27. The van der Waals surface area contributed by atoms with Crippen LogP contribution in [0.25, 0.3) is 11.5 Å². The van der Waals surface area contributed by atoms with Crippen LogP contribution < -0.4 is 4.90 Å². The average molecular weight is 447 g/mol. The summed E-state index contributed by atoms with van der Waals surface area (Å²) in [6.45, 7) is 7.03. The minimum Gasteiger partial charge on any atom is -0.356 e. The summed E-state index contributed by atoms with van der Waals surface area (Å²) < 4.78 is 5.51. The molecule has 3 aromatic rings. The van der Waals surface area contributed by atoms with E-state index in [2.05, 4.69) is 51.2 Å². The van der Waals surface area contributed by atoms with Gasteiger partial charge in [-0.05, 0) is 43.7 Å². The highest BCUT2D eigenvalue weighted by atomic mass is 16.5. The number of hydrogen-bond acceptors (Lipinski definition) is 7. The zero-order valence-electron chi connectivity index (χ0n) is 19.3. The van der Waals surface area contributed by atoms with E-state index in [9.17, 15) is 4.79 Å². The first kappa shape index (κ1) is 21.6. The maximum atomic E-state index is 13.3. The Morgan fingerprint density at radius 1 is 1.12 bits per heavy atom. The van der Waals surface area contributed by atoms with Crippen LogP contribution in [0.15, 0.2) is 35.0 Å². The highest BCUT2D eigenvalue weighted by Crippen LogP contribution is 2.32. The summed E-state index contributed by atoms with van der Waals surface area (Å²) >= 11 is 0. The zero-order valence-corrected chi connectivity index (χ0v) is 19.3. The highest BCUT2D eigenvalue weighted by Gasteiger charge is 2.32. The molecule has 1 saturated heterocycles. The van der Waals surface area contributed by atoms with Crippen LogP contribution in [-0.2, 0) is 24.2 Å². The second-order valence-electron chi connectivity index (χ2n) is 8.96. The van der Waals surface area contributed by atoms with Gasteiger partial charge in [-0.2, -0.15) is 4.98 Å². The molecule has 8 heteroatoms. The van der Waals surface area contributed by atoms with Gasteiger partial charge in [0.15, 0.2) is 5.82 Å². The number of hydrogen-bond donors (Lipinski definition) is 0. The molecule has 1 aromatic carbocycles. The lowest BCUT2D eigenvalue weighted by atomic mass is 9.93. The molecule has 1 amide bonds. The molecule has 4 heterocycles. The van der Waals surface area contributed by atoms with E-state index in [-0.39, 0.29) is 11.8 Å². The van der Waals surface area contributed by atoms with E-state index in [0.29, 0.717) is 17.5 Å². The maximum absolute atomic E-state index is 13.3. The van der Waals surface area contributed by atoms with Gasteiger partial charge in [-0.15, -0.1) is 0 Å². The molecule has 2 aliphatic rings. The summed E-state index contributed by atoms with van der Waals surface area (Å²) in [6.07, 6.45) is 6.06. The van der Waals surface area contributed by atoms with Gasteiger partial charge in [0.1, 0.15) is 17.2 Å². The van der Waals surface area contributed by atoms with E-state index in [0.717, 1.165) is 69.7 Å². The van der Waals surface area contributed by atoms with Crippen LogP contribution in [0.1, 0.15) is 49.0 Å². The summed E-state index contributed by atoms with van der Waals surface area (Å²) in [4.78, 5) is 31.1. The van der Waals surface area contributed by atoms with E-state index >= 15 is 0 Å². The lowest BCUT2D eigenvalue weighted by molar-refractivity contribution is -0.137. The molecular weight excluding hydrogens is 416 g/mol. The quantitative estimate of drug-likeness (QED) is 0.592. The van der Waals surface area contributed by atoms with Gasteiger partial charge in [-0.3, -0.25) is 4.79 Å². The van der Waals surface area contributed by atoms with Crippen molar-refractivity contribution in [1.82, 2.24) is 25.0 Å². The number of aryl methyl sites for hydroxylation is 2. The minimum atomic E-state index is 0.0532. The minimum absolute atomic E-state index is 0.0532. The molecule has 172 valence electrons. The third-order valence-corrected chi connectivity index (χ3v) is 6.65. The van der Waals surface area contributed by atoms with Gasteiger partial charge in [-0.25, -0.2) is 9.97 Å². The second kappa shape index (κ2) is 9.29. The van der Waals surface area contributed by atoms with Crippen molar-refractivity contribution in [3.8, 4) is 11.5 Å². The summed E-state index contributed by atoms with van der Waals surface area (Å²) in [7, 11) is 0. The molecule has 0 spiro atoms. The van der Waals surface area contributed by atoms with Crippen LogP contribution in [0.4, 0.5) is 5.82 Å². The lowest BCUT2D eigenvalue weighted by Crippen LogP contribution is -2.44. The number of rotatable bonds is 5. The van der Waals surface area contributed by atoms with E-state index in [1.54, 1.807) is 6.20 Å². The predicted octanol–water partition coefficient (Wildman–Crippen LogP) is 3.59. The fourth-order valence-electron chi connectivity index (χ4n) is 4.82. The van der Waals surface area contributed by atoms with E-state index in [4.69, 9.17) is 9.51 Å². The molecule has 0 atom stereocenters. The molecule has 8 nitrogen and oxygen atoms in total. The molecule has 0 radical (unpaired) electrons. The number of carbonyl (C=O) groups is 1. The molecule has 5 rings (SSSR count). The van der Waals surface area contributed by atoms with Crippen molar-refractivity contribution < 1.29 is 9.32 Å². The van der Waals surface area contributed by atoms with Crippen molar-refractivity contribution in [3.05, 3.63) is 53.2 Å². The van der Waals surface area contributed by atoms with E-state index in [1.165, 1.54) is 11.1 Å². The standard InChI is InChI=1S/C25H30N6O2/c1-3-6-22-28-24(33-29-22)21-15-26-17(2)27-23(21)30-12-10-19(11-13-30)25(32)31-14-9-18-7-4-5-8-20(18)16-31/h4-5,7-8,15,19H,3,6,9-14,16H2,1-2H3. The van der Waals surface area contributed by atoms with Crippen molar-refractivity contribution in [2.75, 3.05) is 24.5 Å². The highest BCUT2D eigenvalue weighted by molar-refractivity contribution is 5.80. The summed E-state index contributed by atoms with van der Waals surface area (Å²) in [5.41, 5.74) is 3.40. The van der Waals surface area contributed by atoms with Gasteiger partial charge in [0.05, 0.1) is 0 Å². The average Bonchev–Trinajstić information content (AvgIpc) is 3.32. The number of anilines is 1. The molecular formula is C25H30N6O2. The zero-order chi connectivity index (χ0) is 22.8. The monoisotopic (exact) mass is 446 g/mol. The van der Waals surface area contributed by atoms with Gasteiger partial charge >= 0.3 is 0 Å². The number of benzene rings is 1. The van der Waals surface area contributed by atoms with Crippen molar-refractivity contribution >= 4 is 11.7 Å². The van der Waals surface area contributed by atoms with Crippen molar-refractivity contribution in [3.63, 3.8) is 0 Å². The van der Waals surface area contributed by atoms with Gasteiger partial charge in [-0.1, -0.05) is 36.3 Å². The van der Waals surface area contributed by atoms with Crippen LogP contribution in [0.2, 0.25) is 0 Å². The third kappa shape index (κ3) is 4.47. The van der Waals surface area contributed by atoms with Gasteiger partial charge < -0.3 is 14.3 Å². The molecule has 0 N–H and O–H groups in total. The largest absolute Gasteiger partial charge is 0.356 e. The molecule has 2 aliphatic heterocycles. The van der Waals surface area contributed by atoms with Crippen LogP contribution >= 0.6 is 0 Å². The SMILES string of the molecule is CCCc1noc(-c2cnc(C)nc2N2CCC(C(=O)N3CCc4ccccc4C3)CC2)n1. The second-order valence-corrected chi connectivity index (χ2v) is 8.96. The predicted molar refractivity (Wildman–Crippen MR) is 125 cm³/mol.